The highest BCUT2D eigenvalue weighted by atomic mass is 19.1. The van der Waals surface area contributed by atoms with Crippen LogP contribution in [-0.4, -0.2) is 34.8 Å². The normalized spacial score (nSPS) is 13.1. The third kappa shape index (κ3) is 3.13. The summed E-state index contributed by atoms with van der Waals surface area (Å²) in [6, 6.07) is 9.68. The number of carbonyl (C=O) groups excluding carboxylic acids is 1. The van der Waals surface area contributed by atoms with Gasteiger partial charge in [-0.3, -0.25) is 9.69 Å². The van der Waals surface area contributed by atoms with Crippen LogP contribution in [0.5, 0.6) is 5.75 Å². The minimum Gasteiger partial charge on any atom is -0.493 e. The van der Waals surface area contributed by atoms with Crippen molar-refractivity contribution in [1.29, 1.82) is 0 Å². The Bertz CT molecular complexity index is 1010. The summed E-state index contributed by atoms with van der Waals surface area (Å²) >= 11 is 0. The summed E-state index contributed by atoms with van der Waals surface area (Å²) in [5.41, 5.74) is 3.14. The number of halogens is 1. The molecule has 2 aromatic heterocycles. The molecule has 0 saturated heterocycles. The smallest absolute Gasteiger partial charge is 0.280 e. The molecule has 0 N–H and O–H groups in total. The third-order valence-electron chi connectivity index (χ3n) is 5.05. The molecule has 144 valence electrons. The Balaban J connectivity index is 1.77. The predicted molar refractivity (Wildman–Crippen MR) is 104 cm³/mol. The maximum atomic E-state index is 13.3. The molecule has 0 unspecified atom stereocenters. The van der Waals surface area contributed by atoms with Crippen molar-refractivity contribution < 1.29 is 13.9 Å². The number of nitrogens with zero attached hydrogens (tertiary/aromatic N) is 4. The standard InChI is InChI=1S/C21H21FN4O2/c1-25(20-18(28-2)8-5-13-23-20)21(27)19-16-6-3-4-7-17(16)26(24-19)15-11-9-14(22)10-12-15/h5,8-13H,3-4,6-7H2,1-2H3. The Kier molecular flexibility index (Phi) is 4.81. The van der Waals surface area contributed by atoms with Gasteiger partial charge in [-0.25, -0.2) is 14.1 Å². The van der Waals surface area contributed by atoms with Crippen LogP contribution in [0, 0.1) is 5.82 Å². The van der Waals surface area contributed by atoms with Gasteiger partial charge in [-0.05, 0) is 62.1 Å². The zero-order valence-electron chi connectivity index (χ0n) is 15.9. The first kappa shape index (κ1) is 18.2. The zero-order valence-corrected chi connectivity index (χ0v) is 15.9. The average Bonchev–Trinajstić information content (AvgIpc) is 3.13. The number of methoxy groups -OCH3 is 1. The van der Waals surface area contributed by atoms with Gasteiger partial charge >= 0.3 is 0 Å². The van der Waals surface area contributed by atoms with E-state index < -0.39 is 0 Å². The van der Waals surface area contributed by atoms with Crippen molar-refractivity contribution in [3.63, 3.8) is 0 Å². The SMILES string of the molecule is COc1cccnc1N(C)C(=O)c1nn(-c2ccc(F)cc2)c2c1CCCC2. The number of pyridine rings is 1. The van der Waals surface area contributed by atoms with E-state index in [1.165, 1.54) is 17.0 Å². The van der Waals surface area contributed by atoms with E-state index in [0.717, 1.165) is 42.6 Å². The van der Waals surface area contributed by atoms with Gasteiger partial charge < -0.3 is 4.74 Å². The summed E-state index contributed by atoms with van der Waals surface area (Å²) in [5, 5.41) is 4.63. The predicted octanol–water partition coefficient (Wildman–Crippen LogP) is 3.57. The maximum absolute atomic E-state index is 13.3. The van der Waals surface area contributed by atoms with Gasteiger partial charge in [-0.15, -0.1) is 0 Å². The van der Waals surface area contributed by atoms with E-state index in [9.17, 15) is 9.18 Å². The molecule has 0 spiro atoms. The van der Waals surface area contributed by atoms with E-state index in [2.05, 4.69) is 10.1 Å². The number of amides is 1. The summed E-state index contributed by atoms with van der Waals surface area (Å²) < 4.78 is 20.4. The lowest BCUT2D eigenvalue weighted by molar-refractivity contribution is 0.0985. The van der Waals surface area contributed by atoms with Crippen molar-refractivity contribution in [2.45, 2.75) is 25.7 Å². The number of hydrogen-bond donors (Lipinski definition) is 0. The molecule has 2 heterocycles. The molecule has 0 saturated carbocycles. The molecular weight excluding hydrogens is 359 g/mol. The van der Waals surface area contributed by atoms with Gasteiger partial charge in [0.2, 0.25) is 0 Å². The fraction of sp³-hybridized carbons (Fsp3) is 0.286. The van der Waals surface area contributed by atoms with Gasteiger partial charge in [0.15, 0.2) is 17.3 Å². The van der Waals surface area contributed by atoms with E-state index >= 15 is 0 Å². The number of fused-ring (bicyclic) bond motifs is 1. The molecule has 0 radical (unpaired) electrons. The van der Waals surface area contributed by atoms with Crippen LogP contribution < -0.4 is 9.64 Å². The number of carbonyl (C=O) groups is 1. The van der Waals surface area contributed by atoms with Crippen molar-refractivity contribution in [2.75, 3.05) is 19.1 Å². The van der Waals surface area contributed by atoms with Gasteiger partial charge in [0, 0.05) is 24.5 Å². The maximum Gasteiger partial charge on any atom is 0.280 e. The summed E-state index contributed by atoms with van der Waals surface area (Å²) in [4.78, 5) is 19.0. The fourth-order valence-corrected chi connectivity index (χ4v) is 3.62. The molecule has 1 aromatic carbocycles. The number of ether oxygens (including phenoxy) is 1. The summed E-state index contributed by atoms with van der Waals surface area (Å²) in [5.74, 6) is 0.417. The number of aromatic nitrogens is 3. The molecule has 6 nitrogen and oxygen atoms in total. The van der Waals surface area contributed by atoms with Crippen LogP contribution >= 0.6 is 0 Å². The highest BCUT2D eigenvalue weighted by Crippen LogP contribution is 2.30. The van der Waals surface area contributed by atoms with E-state index in [1.807, 2.05) is 0 Å². The van der Waals surface area contributed by atoms with E-state index in [0.29, 0.717) is 17.3 Å². The number of anilines is 1. The highest BCUT2D eigenvalue weighted by Gasteiger charge is 2.29. The van der Waals surface area contributed by atoms with Crippen LogP contribution in [0.15, 0.2) is 42.6 Å². The fourth-order valence-electron chi connectivity index (χ4n) is 3.62. The molecule has 1 amide bonds. The minimum absolute atomic E-state index is 0.240. The molecule has 1 aliphatic rings. The Labute approximate surface area is 162 Å². The Hall–Kier alpha value is -3.22. The van der Waals surface area contributed by atoms with Crippen molar-refractivity contribution in [1.82, 2.24) is 14.8 Å². The monoisotopic (exact) mass is 380 g/mol. The lowest BCUT2D eigenvalue weighted by atomic mass is 9.95. The van der Waals surface area contributed by atoms with Gasteiger partial charge in [0.1, 0.15) is 5.82 Å². The summed E-state index contributed by atoms with van der Waals surface area (Å²) in [7, 11) is 3.21. The number of hydrogen-bond acceptors (Lipinski definition) is 4. The van der Waals surface area contributed by atoms with Crippen molar-refractivity contribution in [3.8, 4) is 11.4 Å². The van der Waals surface area contributed by atoms with E-state index in [4.69, 9.17) is 4.74 Å². The summed E-state index contributed by atoms with van der Waals surface area (Å²) in [6.07, 6.45) is 5.30. The second kappa shape index (κ2) is 7.42. The van der Waals surface area contributed by atoms with Crippen LogP contribution in [-0.2, 0) is 12.8 Å². The Morgan fingerprint density at radius 3 is 2.68 bits per heavy atom. The van der Waals surface area contributed by atoms with Gasteiger partial charge in [-0.2, -0.15) is 5.10 Å². The second-order valence-corrected chi connectivity index (χ2v) is 6.76. The molecular formula is C21H21FN4O2. The first-order valence-electron chi connectivity index (χ1n) is 9.24. The zero-order chi connectivity index (χ0) is 19.7. The molecule has 28 heavy (non-hydrogen) atoms. The second-order valence-electron chi connectivity index (χ2n) is 6.76. The lowest BCUT2D eigenvalue weighted by Gasteiger charge is -2.19. The first-order chi connectivity index (χ1) is 13.6. The number of benzene rings is 1. The molecule has 0 fully saturated rings. The Morgan fingerprint density at radius 2 is 1.93 bits per heavy atom. The third-order valence-corrected chi connectivity index (χ3v) is 5.05. The largest absolute Gasteiger partial charge is 0.493 e. The van der Waals surface area contributed by atoms with Crippen LogP contribution in [0.2, 0.25) is 0 Å². The number of rotatable bonds is 4. The Morgan fingerprint density at radius 1 is 1.18 bits per heavy atom. The van der Waals surface area contributed by atoms with Crippen molar-refractivity contribution in [2.24, 2.45) is 0 Å². The molecule has 4 rings (SSSR count). The van der Waals surface area contributed by atoms with Gasteiger partial charge in [0.05, 0.1) is 12.8 Å². The van der Waals surface area contributed by atoms with Crippen LogP contribution in [0.4, 0.5) is 10.2 Å². The van der Waals surface area contributed by atoms with Crippen molar-refractivity contribution >= 4 is 11.7 Å². The topological polar surface area (TPSA) is 60.2 Å². The first-order valence-corrected chi connectivity index (χ1v) is 9.24. The van der Waals surface area contributed by atoms with Crippen molar-refractivity contribution in [3.05, 3.63) is 65.4 Å². The van der Waals surface area contributed by atoms with E-state index in [1.54, 1.807) is 49.3 Å². The molecule has 0 aliphatic heterocycles. The highest BCUT2D eigenvalue weighted by molar-refractivity contribution is 6.05. The molecule has 0 atom stereocenters. The van der Waals surface area contributed by atoms with Crippen LogP contribution in [0.25, 0.3) is 5.69 Å². The van der Waals surface area contributed by atoms with Gasteiger partial charge in [0.25, 0.3) is 5.91 Å². The van der Waals surface area contributed by atoms with E-state index in [-0.39, 0.29) is 11.7 Å². The lowest BCUT2D eigenvalue weighted by Crippen LogP contribution is -2.29. The summed E-state index contributed by atoms with van der Waals surface area (Å²) in [6.45, 7) is 0. The quantitative estimate of drug-likeness (QED) is 0.694. The average molecular weight is 380 g/mol. The molecule has 0 bridgehead atoms. The molecule has 1 aliphatic carbocycles. The van der Waals surface area contributed by atoms with Gasteiger partial charge in [-0.1, -0.05) is 0 Å². The van der Waals surface area contributed by atoms with Crippen LogP contribution in [0.1, 0.15) is 34.6 Å². The minimum atomic E-state index is -0.303. The molecule has 3 aromatic rings. The molecule has 7 heteroatoms. The van der Waals surface area contributed by atoms with Crippen LogP contribution in [0.3, 0.4) is 0 Å².